The molecule has 0 fully saturated rings. The molecule has 5 nitrogen and oxygen atoms in total. The number of rotatable bonds is 4. The van der Waals surface area contributed by atoms with Crippen molar-refractivity contribution in [1.82, 2.24) is 9.97 Å². The number of alkyl halides is 3. The summed E-state index contributed by atoms with van der Waals surface area (Å²) >= 11 is 9.32. The summed E-state index contributed by atoms with van der Waals surface area (Å²) in [7, 11) is 0. The van der Waals surface area contributed by atoms with Gasteiger partial charge in [-0.3, -0.25) is 9.78 Å². The van der Waals surface area contributed by atoms with E-state index in [1.165, 1.54) is 12.3 Å². The third-order valence-corrected chi connectivity index (χ3v) is 4.87. The van der Waals surface area contributed by atoms with Crippen LogP contribution in [-0.4, -0.2) is 15.9 Å². The minimum Gasteiger partial charge on any atom is -0.273 e. The van der Waals surface area contributed by atoms with Gasteiger partial charge in [-0.25, -0.2) is 15.8 Å². The fraction of sp³-hybridized carbons (Fsp3) is 0.105. The molecule has 0 radical (unpaired) electrons. The Bertz CT molecular complexity index is 1030. The summed E-state index contributed by atoms with van der Waals surface area (Å²) < 4.78 is 38.5. The summed E-state index contributed by atoms with van der Waals surface area (Å²) in [4.78, 5) is 19.9. The lowest BCUT2D eigenvalue weighted by atomic mass is 10.1. The average molecular weight is 486 g/mol. The maximum absolute atomic E-state index is 12.6. The second kappa shape index (κ2) is 8.48. The molecular formula is C19H13BrClF3N4O. The first kappa shape index (κ1) is 21.2. The van der Waals surface area contributed by atoms with Gasteiger partial charge in [0, 0.05) is 27.5 Å². The van der Waals surface area contributed by atoms with E-state index in [9.17, 15) is 18.0 Å². The van der Waals surface area contributed by atoms with Crippen molar-refractivity contribution in [3.8, 4) is 11.1 Å². The van der Waals surface area contributed by atoms with E-state index < -0.39 is 17.8 Å². The number of carbonyl (C=O) groups excluding carboxylic acids is 1. The molecule has 10 heteroatoms. The number of pyridine rings is 2. The van der Waals surface area contributed by atoms with Gasteiger partial charge in [-0.05, 0) is 51.3 Å². The van der Waals surface area contributed by atoms with Gasteiger partial charge >= 0.3 is 6.18 Å². The highest BCUT2D eigenvalue weighted by atomic mass is 79.9. The van der Waals surface area contributed by atoms with Crippen LogP contribution in [0.3, 0.4) is 0 Å². The van der Waals surface area contributed by atoms with Gasteiger partial charge in [0.15, 0.2) is 0 Å². The van der Waals surface area contributed by atoms with E-state index in [1.807, 2.05) is 12.1 Å². The van der Waals surface area contributed by atoms with Gasteiger partial charge in [0.25, 0.3) is 0 Å². The van der Waals surface area contributed by atoms with Crippen LogP contribution in [0.1, 0.15) is 11.3 Å². The third-order valence-electron chi connectivity index (χ3n) is 3.98. The SMILES string of the molecule is NN(C(=O)Cc1ccc(C(F)(F)F)nc1)c1cc(-c2ccc(Cl)cc2)c(Br)cn1. The number of carbonyl (C=O) groups is 1. The fourth-order valence-corrected chi connectivity index (χ4v) is 3.07. The van der Waals surface area contributed by atoms with Gasteiger partial charge in [0.1, 0.15) is 11.5 Å². The van der Waals surface area contributed by atoms with Crippen molar-refractivity contribution in [1.29, 1.82) is 0 Å². The van der Waals surface area contributed by atoms with E-state index in [4.69, 9.17) is 17.4 Å². The fourth-order valence-electron chi connectivity index (χ4n) is 2.49. The number of benzene rings is 1. The Hall–Kier alpha value is -2.49. The highest BCUT2D eigenvalue weighted by Gasteiger charge is 2.32. The first-order valence-electron chi connectivity index (χ1n) is 8.16. The second-order valence-electron chi connectivity index (χ2n) is 6.02. The van der Waals surface area contributed by atoms with E-state index in [0.717, 1.165) is 28.4 Å². The standard InChI is InChI=1S/C19H13BrClF3N4O/c20-15-10-27-17(8-14(15)12-2-4-13(21)5-3-12)28(25)18(29)7-11-1-6-16(26-9-11)19(22,23)24/h1-6,8-10H,7,25H2. The van der Waals surface area contributed by atoms with Crippen LogP contribution in [0.2, 0.25) is 5.02 Å². The summed E-state index contributed by atoms with van der Waals surface area (Å²) in [5, 5.41) is 1.43. The number of hydrogen-bond donors (Lipinski definition) is 1. The number of hydrazine groups is 1. The Morgan fingerprint density at radius 1 is 1.10 bits per heavy atom. The highest BCUT2D eigenvalue weighted by molar-refractivity contribution is 9.10. The van der Waals surface area contributed by atoms with Crippen molar-refractivity contribution >= 4 is 39.3 Å². The van der Waals surface area contributed by atoms with Gasteiger partial charge in [-0.15, -0.1) is 0 Å². The molecule has 3 aromatic rings. The van der Waals surface area contributed by atoms with Crippen molar-refractivity contribution in [3.63, 3.8) is 0 Å². The summed E-state index contributed by atoms with van der Waals surface area (Å²) in [6, 6.07) is 10.7. The van der Waals surface area contributed by atoms with E-state index in [2.05, 4.69) is 25.9 Å². The molecule has 1 amide bonds. The number of anilines is 1. The molecule has 3 rings (SSSR count). The molecule has 0 aliphatic heterocycles. The average Bonchev–Trinajstić information content (AvgIpc) is 2.68. The van der Waals surface area contributed by atoms with Gasteiger partial charge in [0.2, 0.25) is 5.91 Å². The van der Waals surface area contributed by atoms with Gasteiger partial charge in [-0.2, -0.15) is 13.2 Å². The van der Waals surface area contributed by atoms with Crippen LogP contribution in [0.4, 0.5) is 19.0 Å². The Labute approximate surface area is 177 Å². The zero-order valence-electron chi connectivity index (χ0n) is 14.6. The Morgan fingerprint density at radius 3 is 2.38 bits per heavy atom. The summed E-state index contributed by atoms with van der Waals surface area (Å²) in [6.07, 6.45) is -2.26. The summed E-state index contributed by atoms with van der Waals surface area (Å²) in [5.74, 6) is 5.52. The molecule has 0 spiro atoms. The molecule has 0 saturated heterocycles. The van der Waals surface area contributed by atoms with Crippen molar-refractivity contribution in [3.05, 3.63) is 75.6 Å². The predicted octanol–water partition coefficient (Wildman–Crippen LogP) is 5.03. The van der Waals surface area contributed by atoms with E-state index in [1.54, 1.807) is 18.2 Å². The zero-order valence-corrected chi connectivity index (χ0v) is 17.0. The number of aromatic nitrogens is 2. The van der Waals surface area contributed by atoms with Gasteiger partial charge < -0.3 is 0 Å². The van der Waals surface area contributed by atoms with Gasteiger partial charge in [0.05, 0.1) is 6.42 Å². The highest BCUT2D eigenvalue weighted by Crippen LogP contribution is 2.31. The molecular weight excluding hydrogens is 473 g/mol. The Balaban J connectivity index is 1.79. The van der Waals surface area contributed by atoms with Crippen LogP contribution < -0.4 is 10.9 Å². The number of amides is 1. The zero-order chi connectivity index (χ0) is 21.2. The topological polar surface area (TPSA) is 72.1 Å². The van der Waals surface area contributed by atoms with Crippen molar-refractivity contribution in [2.45, 2.75) is 12.6 Å². The number of hydrogen-bond acceptors (Lipinski definition) is 4. The number of nitrogens with zero attached hydrogens (tertiary/aromatic N) is 3. The molecule has 2 aromatic heterocycles. The minimum absolute atomic E-state index is 0.183. The lowest BCUT2D eigenvalue weighted by molar-refractivity contribution is -0.141. The van der Waals surface area contributed by atoms with Crippen LogP contribution in [0, 0.1) is 0 Å². The van der Waals surface area contributed by atoms with Crippen LogP contribution in [0.5, 0.6) is 0 Å². The predicted molar refractivity (Wildman–Crippen MR) is 107 cm³/mol. The summed E-state index contributed by atoms with van der Waals surface area (Å²) in [6.45, 7) is 0. The second-order valence-corrected chi connectivity index (χ2v) is 7.31. The summed E-state index contributed by atoms with van der Waals surface area (Å²) in [5.41, 5.74) is 0.845. The molecule has 29 heavy (non-hydrogen) atoms. The smallest absolute Gasteiger partial charge is 0.273 e. The molecule has 2 N–H and O–H groups in total. The van der Waals surface area contributed by atoms with E-state index in [0.29, 0.717) is 15.1 Å². The number of halogens is 5. The van der Waals surface area contributed by atoms with Crippen LogP contribution in [0.25, 0.3) is 11.1 Å². The Morgan fingerprint density at radius 2 is 1.79 bits per heavy atom. The largest absolute Gasteiger partial charge is 0.433 e. The van der Waals surface area contributed by atoms with Crippen molar-refractivity contribution in [2.24, 2.45) is 5.84 Å². The third kappa shape index (κ3) is 5.11. The van der Waals surface area contributed by atoms with E-state index in [-0.39, 0.29) is 12.2 Å². The van der Waals surface area contributed by atoms with Crippen molar-refractivity contribution < 1.29 is 18.0 Å². The maximum atomic E-state index is 12.6. The molecule has 0 aliphatic rings. The molecule has 0 bridgehead atoms. The van der Waals surface area contributed by atoms with Crippen LogP contribution in [0.15, 0.2) is 59.3 Å². The molecule has 0 unspecified atom stereocenters. The minimum atomic E-state index is -4.54. The van der Waals surface area contributed by atoms with E-state index >= 15 is 0 Å². The van der Waals surface area contributed by atoms with Crippen LogP contribution in [-0.2, 0) is 17.4 Å². The first-order chi connectivity index (χ1) is 13.6. The normalized spacial score (nSPS) is 11.4. The van der Waals surface area contributed by atoms with Crippen LogP contribution >= 0.6 is 27.5 Å². The molecule has 1 aromatic carbocycles. The Kier molecular flexibility index (Phi) is 6.21. The molecule has 0 aliphatic carbocycles. The quantitative estimate of drug-likeness (QED) is 0.320. The molecule has 0 atom stereocenters. The first-order valence-corrected chi connectivity index (χ1v) is 9.33. The molecule has 0 saturated carbocycles. The van der Waals surface area contributed by atoms with Crippen molar-refractivity contribution in [2.75, 3.05) is 5.01 Å². The lowest BCUT2D eigenvalue weighted by Crippen LogP contribution is -2.39. The lowest BCUT2D eigenvalue weighted by Gasteiger charge is -2.17. The monoisotopic (exact) mass is 484 g/mol. The molecule has 150 valence electrons. The van der Waals surface area contributed by atoms with Gasteiger partial charge in [-0.1, -0.05) is 29.8 Å². The maximum Gasteiger partial charge on any atom is 0.433 e. The molecule has 2 heterocycles. The number of nitrogens with two attached hydrogens (primary N) is 1.